The number of hydrogen-bond acceptors (Lipinski definition) is 4. The summed E-state index contributed by atoms with van der Waals surface area (Å²) < 4.78 is 4.96. The Morgan fingerprint density at radius 1 is 1.43 bits per heavy atom. The summed E-state index contributed by atoms with van der Waals surface area (Å²) in [5.41, 5.74) is 2.11. The van der Waals surface area contributed by atoms with Crippen molar-refractivity contribution in [3.63, 3.8) is 0 Å². The first-order valence-electron chi connectivity index (χ1n) is 7.77. The van der Waals surface area contributed by atoms with Crippen LogP contribution < -0.4 is 10.2 Å². The van der Waals surface area contributed by atoms with Gasteiger partial charge in [-0.05, 0) is 44.4 Å². The van der Waals surface area contributed by atoms with E-state index < -0.39 is 5.54 Å². The maximum Gasteiger partial charge on any atom is 0.325 e. The van der Waals surface area contributed by atoms with Gasteiger partial charge in [-0.1, -0.05) is 25.1 Å². The Morgan fingerprint density at radius 2 is 2.19 bits per heavy atom. The van der Waals surface area contributed by atoms with Gasteiger partial charge in [0.2, 0.25) is 0 Å². The SMILES string of the molecule is CCNC(C)(CCN1CCCc2ccccc21)C(=O)OC. The van der Waals surface area contributed by atoms with Crippen LogP contribution in [0, 0.1) is 0 Å². The van der Waals surface area contributed by atoms with Crippen LogP contribution in [0.4, 0.5) is 5.69 Å². The molecule has 0 saturated heterocycles. The molecule has 2 rings (SSSR count). The molecule has 0 fully saturated rings. The fraction of sp³-hybridized carbons (Fsp3) is 0.588. The minimum Gasteiger partial charge on any atom is -0.468 e. The number of hydrogen-bond donors (Lipinski definition) is 1. The van der Waals surface area contributed by atoms with Crippen molar-refractivity contribution in [3.8, 4) is 0 Å². The first kappa shape index (κ1) is 15.8. The zero-order chi connectivity index (χ0) is 15.3. The maximum atomic E-state index is 12.0. The number of carbonyl (C=O) groups is 1. The topological polar surface area (TPSA) is 41.6 Å². The Morgan fingerprint density at radius 3 is 2.90 bits per heavy atom. The zero-order valence-corrected chi connectivity index (χ0v) is 13.3. The lowest BCUT2D eigenvalue weighted by Gasteiger charge is -2.35. The van der Waals surface area contributed by atoms with E-state index in [4.69, 9.17) is 4.74 Å². The van der Waals surface area contributed by atoms with Gasteiger partial charge < -0.3 is 15.0 Å². The molecule has 0 aromatic heterocycles. The lowest BCUT2D eigenvalue weighted by molar-refractivity contribution is -0.148. The number of nitrogens with one attached hydrogen (secondary N) is 1. The minimum atomic E-state index is -0.615. The van der Waals surface area contributed by atoms with Gasteiger partial charge in [0, 0.05) is 18.8 Å². The molecule has 0 amide bonds. The summed E-state index contributed by atoms with van der Waals surface area (Å²) in [5, 5.41) is 3.27. The molecule has 1 heterocycles. The van der Waals surface area contributed by atoms with Crippen molar-refractivity contribution in [3.05, 3.63) is 29.8 Å². The molecule has 4 nitrogen and oxygen atoms in total. The van der Waals surface area contributed by atoms with Crippen molar-refractivity contribution in [1.29, 1.82) is 0 Å². The maximum absolute atomic E-state index is 12.0. The number of rotatable bonds is 6. The highest BCUT2D eigenvalue weighted by atomic mass is 16.5. The zero-order valence-electron chi connectivity index (χ0n) is 13.3. The number of likely N-dealkylation sites (N-methyl/N-ethyl adjacent to an activating group) is 1. The second kappa shape index (κ2) is 6.94. The highest BCUT2D eigenvalue weighted by Crippen LogP contribution is 2.27. The molecule has 1 atom stereocenters. The van der Waals surface area contributed by atoms with Gasteiger partial charge in [-0.25, -0.2) is 0 Å². The lowest BCUT2D eigenvalue weighted by Crippen LogP contribution is -2.52. The fourth-order valence-corrected chi connectivity index (χ4v) is 3.08. The van der Waals surface area contributed by atoms with Crippen LogP contribution in [-0.4, -0.2) is 38.3 Å². The van der Waals surface area contributed by atoms with Crippen LogP contribution in [-0.2, 0) is 16.0 Å². The van der Waals surface area contributed by atoms with Crippen LogP contribution >= 0.6 is 0 Å². The van der Waals surface area contributed by atoms with Gasteiger partial charge in [-0.2, -0.15) is 0 Å². The standard InChI is InChI=1S/C17H26N2O2/c1-4-18-17(2,16(20)21-3)11-13-19-12-7-9-14-8-5-6-10-15(14)19/h5-6,8,10,18H,4,7,9,11-13H2,1-3H3. The van der Waals surface area contributed by atoms with Gasteiger partial charge in [0.25, 0.3) is 0 Å². The van der Waals surface area contributed by atoms with Crippen LogP contribution in [0.25, 0.3) is 0 Å². The van der Waals surface area contributed by atoms with E-state index in [0.29, 0.717) is 0 Å². The van der Waals surface area contributed by atoms with E-state index in [1.165, 1.54) is 24.8 Å². The van der Waals surface area contributed by atoms with Crippen molar-refractivity contribution in [2.45, 2.75) is 38.6 Å². The van der Waals surface area contributed by atoms with Crippen molar-refractivity contribution in [2.24, 2.45) is 0 Å². The van der Waals surface area contributed by atoms with Crippen LogP contribution in [0.5, 0.6) is 0 Å². The van der Waals surface area contributed by atoms with Gasteiger partial charge >= 0.3 is 5.97 Å². The number of methoxy groups -OCH3 is 1. The van der Waals surface area contributed by atoms with Crippen molar-refractivity contribution >= 4 is 11.7 Å². The lowest BCUT2D eigenvalue weighted by atomic mass is 9.95. The number of carbonyl (C=O) groups excluding carboxylic acids is 1. The molecule has 1 aliphatic rings. The largest absolute Gasteiger partial charge is 0.468 e. The van der Waals surface area contributed by atoms with Gasteiger partial charge in [0.15, 0.2) is 0 Å². The number of esters is 1. The second-order valence-corrected chi connectivity index (χ2v) is 5.82. The fourth-order valence-electron chi connectivity index (χ4n) is 3.08. The highest BCUT2D eigenvalue weighted by molar-refractivity contribution is 5.80. The smallest absolute Gasteiger partial charge is 0.325 e. The number of para-hydroxylation sites is 1. The van der Waals surface area contributed by atoms with Crippen molar-refractivity contribution in [2.75, 3.05) is 31.6 Å². The molecule has 1 aromatic carbocycles. The van der Waals surface area contributed by atoms with E-state index in [2.05, 4.69) is 34.5 Å². The number of fused-ring (bicyclic) bond motifs is 1. The number of anilines is 1. The molecule has 0 spiro atoms. The normalized spacial score (nSPS) is 17.0. The molecule has 0 bridgehead atoms. The Balaban J connectivity index is 2.07. The molecular formula is C17H26N2O2. The average molecular weight is 290 g/mol. The molecule has 1 unspecified atom stereocenters. The summed E-state index contributed by atoms with van der Waals surface area (Å²) >= 11 is 0. The molecule has 0 saturated carbocycles. The molecule has 21 heavy (non-hydrogen) atoms. The Labute approximate surface area is 127 Å². The van der Waals surface area contributed by atoms with Crippen molar-refractivity contribution in [1.82, 2.24) is 5.32 Å². The van der Waals surface area contributed by atoms with E-state index >= 15 is 0 Å². The Hall–Kier alpha value is -1.55. The Bertz CT molecular complexity index is 489. The number of aryl methyl sites for hydroxylation is 1. The second-order valence-electron chi connectivity index (χ2n) is 5.82. The van der Waals surface area contributed by atoms with Gasteiger partial charge in [-0.15, -0.1) is 0 Å². The third-order valence-electron chi connectivity index (χ3n) is 4.29. The molecule has 0 radical (unpaired) electrons. The Kier molecular flexibility index (Phi) is 5.23. The van der Waals surface area contributed by atoms with E-state index in [-0.39, 0.29) is 5.97 Å². The third-order valence-corrected chi connectivity index (χ3v) is 4.29. The summed E-state index contributed by atoms with van der Waals surface area (Å²) in [6, 6.07) is 8.56. The third kappa shape index (κ3) is 3.56. The van der Waals surface area contributed by atoms with Gasteiger partial charge in [0.1, 0.15) is 5.54 Å². The van der Waals surface area contributed by atoms with Crippen LogP contribution in [0.15, 0.2) is 24.3 Å². The van der Waals surface area contributed by atoms with Crippen LogP contribution in [0.3, 0.4) is 0 Å². The van der Waals surface area contributed by atoms with Crippen molar-refractivity contribution < 1.29 is 9.53 Å². The predicted octanol–water partition coefficient (Wildman–Crippen LogP) is 2.37. The first-order chi connectivity index (χ1) is 10.1. The molecular weight excluding hydrogens is 264 g/mol. The molecule has 1 aliphatic heterocycles. The van der Waals surface area contributed by atoms with E-state index in [9.17, 15) is 4.79 Å². The van der Waals surface area contributed by atoms with E-state index in [0.717, 1.165) is 32.5 Å². The first-order valence-corrected chi connectivity index (χ1v) is 7.77. The average Bonchev–Trinajstić information content (AvgIpc) is 2.52. The number of nitrogens with zero attached hydrogens (tertiary/aromatic N) is 1. The summed E-state index contributed by atoms with van der Waals surface area (Å²) in [6.07, 6.45) is 3.06. The molecule has 1 aromatic rings. The molecule has 1 N–H and O–H groups in total. The minimum absolute atomic E-state index is 0.186. The monoisotopic (exact) mass is 290 g/mol. The van der Waals surface area contributed by atoms with Crippen LogP contribution in [0.2, 0.25) is 0 Å². The van der Waals surface area contributed by atoms with E-state index in [1.54, 1.807) is 0 Å². The highest BCUT2D eigenvalue weighted by Gasteiger charge is 2.34. The predicted molar refractivity (Wildman–Crippen MR) is 85.7 cm³/mol. The number of ether oxygens (including phenoxy) is 1. The summed E-state index contributed by atoms with van der Waals surface area (Å²) in [6.45, 7) is 6.60. The summed E-state index contributed by atoms with van der Waals surface area (Å²) in [5.74, 6) is -0.186. The van der Waals surface area contributed by atoms with Crippen LogP contribution in [0.1, 0.15) is 32.3 Å². The van der Waals surface area contributed by atoms with Gasteiger partial charge in [-0.3, -0.25) is 4.79 Å². The van der Waals surface area contributed by atoms with E-state index in [1.807, 2.05) is 13.8 Å². The molecule has 0 aliphatic carbocycles. The summed E-state index contributed by atoms with van der Waals surface area (Å²) in [7, 11) is 1.45. The van der Waals surface area contributed by atoms with Gasteiger partial charge in [0.05, 0.1) is 7.11 Å². The molecule has 4 heteroatoms. The number of benzene rings is 1. The quantitative estimate of drug-likeness (QED) is 0.817. The molecule has 116 valence electrons. The summed E-state index contributed by atoms with van der Waals surface area (Å²) in [4.78, 5) is 14.4.